The van der Waals surface area contributed by atoms with Crippen LogP contribution in [0.15, 0.2) is 64.1 Å². The van der Waals surface area contributed by atoms with Crippen LogP contribution in [0.1, 0.15) is 69.1 Å². The summed E-state index contributed by atoms with van der Waals surface area (Å²) in [5.74, 6) is 2.27. The van der Waals surface area contributed by atoms with Gasteiger partial charge in [-0.2, -0.15) is 0 Å². The summed E-state index contributed by atoms with van der Waals surface area (Å²) in [4.78, 5) is 0. The van der Waals surface area contributed by atoms with Gasteiger partial charge < -0.3 is 25.5 Å². The third-order valence-electron chi connectivity index (χ3n) is 10.5. The van der Waals surface area contributed by atoms with E-state index >= 15 is 0 Å². The third-order valence-corrected chi connectivity index (χ3v) is 14.3. The molecule has 0 amide bonds. The second-order valence-electron chi connectivity index (χ2n) is 14.4. The van der Waals surface area contributed by atoms with Crippen LogP contribution in [0.2, 0.25) is 0 Å². The summed E-state index contributed by atoms with van der Waals surface area (Å²) >= 11 is 8.93. The minimum atomic E-state index is -0.463. The maximum absolute atomic E-state index is 11.8. The lowest BCUT2D eigenvalue weighted by molar-refractivity contribution is -0.0112. The van der Waals surface area contributed by atoms with Crippen molar-refractivity contribution in [2.45, 2.75) is 94.4 Å². The molecule has 4 aliphatic rings. The van der Waals surface area contributed by atoms with Crippen molar-refractivity contribution in [1.29, 1.82) is 0 Å². The molecular weight excluding hydrogens is 1030 g/mol. The molecule has 0 bridgehead atoms. The summed E-state index contributed by atoms with van der Waals surface area (Å²) in [6.45, 7) is 6.32. The molecule has 1 aromatic carbocycles. The molecule has 10 atom stereocenters. The van der Waals surface area contributed by atoms with Gasteiger partial charge in [-0.25, -0.2) is 0 Å². The maximum Gasteiger partial charge on any atom is 0.137 e. The SMILES string of the molecule is CC1=CC(CC2CC(C)CC(Cc3cc(C)c(O)c(CC4C=C(I)C(O)=C(I)C4)c3)C2O)CC(CC2=CC(I)C(O)C(I)=C2)C1O. The molecule has 5 nitrogen and oxygen atoms in total. The van der Waals surface area contributed by atoms with Crippen LogP contribution in [0.4, 0.5) is 0 Å². The van der Waals surface area contributed by atoms with Gasteiger partial charge in [-0.05, 0) is 202 Å². The fraction of sp³-hybridized carbons (Fsp3) is 0.568. The second-order valence-corrected chi connectivity index (χ2v) is 19.5. The number of hydrogen-bond donors (Lipinski definition) is 5. The predicted octanol–water partition coefficient (Wildman–Crippen LogP) is 9.50. The van der Waals surface area contributed by atoms with Crippen LogP contribution in [-0.4, -0.2) is 47.8 Å². The number of phenolic OH excluding ortho intramolecular Hbond substituents is 1. The molecular formula is C37H46I4O5. The van der Waals surface area contributed by atoms with Crippen molar-refractivity contribution in [2.75, 3.05) is 0 Å². The van der Waals surface area contributed by atoms with Crippen molar-refractivity contribution in [3.05, 3.63) is 80.8 Å². The van der Waals surface area contributed by atoms with Gasteiger partial charge in [0.2, 0.25) is 0 Å². The normalized spacial score (nSPS) is 35.3. The number of aromatic hydroxyl groups is 1. The van der Waals surface area contributed by atoms with Gasteiger partial charge in [0.15, 0.2) is 0 Å². The third kappa shape index (κ3) is 8.96. The van der Waals surface area contributed by atoms with E-state index < -0.39 is 18.3 Å². The molecule has 0 aliphatic heterocycles. The van der Waals surface area contributed by atoms with Gasteiger partial charge in [0.05, 0.1) is 25.8 Å². The molecule has 46 heavy (non-hydrogen) atoms. The highest BCUT2D eigenvalue weighted by Crippen LogP contribution is 2.44. The summed E-state index contributed by atoms with van der Waals surface area (Å²) in [7, 11) is 0. The highest BCUT2D eigenvalue weighted by atomic mass is 127. The van der Waals surface area contributed by atoms with E-state index in [9.17, 15) is 25.5 Å². The first kappa shape index (κ1) is 37.6. The number of hydrogen-bond acceptors (Lipinski definition) is 5. The van der Waals surface area contributed by atoms with Crippen LogP contribution in [0.5, 0.6) is 5.75 Å². The number of aliphatic hydroxyl groups is 4. The largest absolute Gasteiger partial charge is 0.507 e. The Hall–Kier alpha value is 0.320. The van der Waals surface area contributed by atoms with Crippen molar-refractivity contribution in [1.82, 2.24) is 0 Å². The number of phenols is 1. The lowest BCUT2D eigenvalue weighted by atomic mass is 9.67. The lowest BCUT2D eigenvalue weighted by Crippen LogP contribution is -2.39. The van der Waals surface area contributed by atoms with Gasteiger partial charge in [0, 0.05) is 7.16 Å². The number of alkyl halides is 1. The fourth-order valence-electron chi connectivity index (χ4n) is 8.32. The highest BCUT2D eigenvalue weighted by Gasteiger charge is 2.38. The number of allylic oxidation sites excluding steroid dienone is 6. The number of benzene rings is 1. The van der Waals surface area contributed by atoms with Gasteiger partial charge in [0.25, 0.3) is 0 Å². The van der Waals surface area contributed by atoms with E-state index in [1.807, 2.05) is 13.8 Å². The molecule has 0 radical (unpaired) electrons. The quantitative estimate of drug-likeness (QED) is 0.102. The van der Waals surface area contributed by atoms with E-state index in [1.165, 1.54) is 11.1 Å². The molecule has 0 aromatic heterocycles. The average Bonchev–Trinajstić information content (AvgIpc) is 2.98. The fourth-order valence-corrected chi connectivity index (χ4v) is 12.9. The Morgan fingerprint density at radius 3 is 2.22 bits per heavy atom. The molecule has 9 heteroatoms. The van der Waals surface area contributed by atoms with Crippen molar-refractivity contribution >= 4 is 90.4 Å². The second kappa shape index (κ2) is 16.1. The lowest BCUT2D eigenvalue weighted by Gasteiger charge is -2.41. The number of rotatable bonds is 8. The first-order valence-corrected chi connectivity index (χ1v) is 20.9. The molecule has 0 saturated heterocycles. The van der Waals surface area contributed by atoms with Crippen LogP contribution in [0.25, 0.3) is 0 Å². The molecule has 1 fully saturated rings. The summed E-state index contributed by atoms with van der Waals surface area (Å²) in [5, 5.41) is 54.5. The molecule has 1 aromatic rings. The van der Waals surface area contributed by atoms with E-state index in [1.54, 1.807) is 0 Å². The molecule has 0 heterocycles. The van der Waals surface area contributed by atoms with Crippen LogP contribution >= 0.6 is 90.4 Å². The summed E-state index contributed by atoms with van der Waals surface area (Å²) in [6, 6.07) is 4.23. The van der Waals surface area contributed by atoms with Crippen LogP contribution in [0.3, 0.4) is 0 Å². The van der Waals surface area contributed by atoms with Crippen molar-refractivity contribution in [3.63, 3.8) is 0 Å². The zero-order valence-electron chi connectivity index (χ0n) is 26.6. The monoisotopic (exact) mass is 1080 g/mol. The van der Waals surface area contributed by atoms with E-state index in [0.717, 1.165) is 72.4 Å². The van der Waals surface area contributed by atoms with Gasteiger partial charge in [0.1, 0.15) is 11.5 Å². The standard InChI is InChI=1S/C37H46I4O5/c1-18-4-25(8-21-6-19(2)33(42)27(10-21)12-23-14-29(38)36(45)30(39)15-23)35(44)26(5-18)9-22-7-20(3)34(43)28(11-22)13-24-16-31(40)37(46)32(41)17-24/h6-7,10,14,16-18,22-23,25-26,28,31,34-35,37,42-46H,4-5,8-9,11-13,15H2,1-3H3. The Morgan fingerprint density at radius 1 is 0.804 bits per heavy atom. The summed E-state index contributed by atoms with van der Waals surface area (Å²) in [5.41, 5.74) is 5.21. The molecule has 1 saturated carbocycles. The summed E-state index contributed by atoms with van der Waals surface area (Å²) < 4.78 is 2.83. The maximum atomic E-state index is 11.8. The molecule has 4 aliphatic carbocycles. The Labute approximate surface area is 328 Å². The van der Waals surface area contributed by atoms with Crippen LogP contribution < -0.4 is 0 Å². The zero-order chi connectivity index (χ0) is 33.4. The first-order chi connectivity index (χ1) is 21.7. The summed E-state index contributed by atoms with van der Waals surface area (Å²) in [6.07, 6.45) is 14.2. The van der Waals surface area contributed by atoms with Crippen molar-refractivity contribution in [2.24, 2.45) is 35.5 Å². The Bertz CT molecular complexity index is 1460. The molecule has 10 unspecified atom stereocenters. The van der Waals surface area contributed by atoms with E-state index in [-0.39, 0.29) is 27.6 Å². The van der Waals surface area contributed by atoms with Crippen molar-refractivity contribution in [3.8, 4) is 5.75 Å². The number of halogens is 4. The van der Waals surface area contributed by atoms with E-state index in [4.69, 9.17) is 0 Å². The van der Waals surface area contributed by atoms with E-state index in [2.05, 4.69) is 134 Å². The number of aliphatic hydroxyl groups excluding tert-OH is 4. The molecule has 252 valence electrons. The molecule has 5 rings (SSSR count). The molecule has 5 N–H and O–H groups in total. The van der Waals surface area contributed by atoms with E-state index in [0.29, 0.717) is 29.8 Å². The van der Waals surface area contributed by atoms with Gasteiger partial charge in [-0.3, -0.25) is 0 Å². The number of aryl methyl sites for hydroxylation is 1. The minimum absolute atomic E-state index is 0.0467. The first-order valence-electron chi connectivity index (χ1n) is 16.4. The predicted molar refractivity (Wildman–Crippen MR) is 220 cm³/mol. The van der Waals surface area contributed by atoms with Gasteiger partial charge in [-0.1, -0.05) is 59.9 Å². The Morgan fingerprint density at radius 2 is 1.52 bits per heavy atom. The van der Waals surface area contributed by atoms with Crippen LogP contribution in [-0.2, 0) is 12.8 Å². The Kier molecular flexibility index (Phi) is 13.2. The highest BCUT2D eigenvalue weighted by molar-refractivity contribution is 14.1. The van der Waals surface area contributed by atoms with Gasteiger partial charge in [-0.15, -0.1) is 0 Å². The van der Waals surface area contributed by atoms with Gasteiger partial charge >= 0.3 is 0 Å². The molecule has 0 spiro atoms. The smallest absolute Gasteiger partial charge is 0.137 e. The zero-order valence-corrected chi connectivity index (χ0v) is 35.3. The minimum Gasteiger partial charge on any atom is -0.507 e. The van der Waals surface area contributed by atoms with Crippen LogP contribution in [0, 0.1) is 42.4 Å². The average molecular weight is 1080 g/mol. The van der Waals surface area contributed by atoms with Crippen molar-refractivity contribution < 1.29 is 25.5 Å². The Balaban J connectivity index is 1.26. The topological polar surface area (TPSA) is 101 Å².